The molecule has 0 aliphatic rings. The number of rotatable bonds is 3. The number of benzene rings is 5. The van der Waals surface area contributed by atoms with Gasteiger partial charge in [-0.3, -0.25) is 0 Å². The summed E-state index contributed by atoms with van der Waals surface area (Å²) < 4.78 is 0. The van der Waals surface area contributed by atoms with Crippen LogP contribution in [0.15, 0.2) is 103 Å². The fraction of sp³-hybridized carbons (Fsp3) is 0. The van der Waals surface area contributed by atoms with Crippen molar-refractivity contribution in [3.63, 3.8) is 0 Å². The van der Waals surface area contributed by atoms with Gasteiger partial charge in [-0.25, -0.2) is 15.0 Å². The summed E-state index contributed by atoms with van der Waals surface area (Å²) in [4.78, 5) is 24.2. The number of H-pyrrole nitrogens is 3. The van der Waals surface area contributed by atoms with Crippen molar-refractivity contribution in [3.8, 4) is 33.9 Å². The van der Waals surface area contributed by atoms with Crippen LogP contribution in [0.5, 0.6) is 0 Å². The van der Waals surface area contributed by atoms with Crippen molar-refractivity contribution in [3.05, 3.63) is 103 Å². The lowest BCUT2D eigenvalue weighted by atomic mass is 9.98. The monoisotopic (exact) mass is 476 g/mol. The van der Waals surface area contributed by atoms with Crippen LogP contribution in [0, 0.1) is 0 Å². The molecule has 0 amide bonds. The maximum absolute atomic E-state index is 4.95. The summed E-state index contributed by atoms with van der Waals surface area (Å²) in [6.45, 7) is 0. The van der Waals surface area contributed by atoms with E-state index in [1.54, 1.807) is 6.33 Å². The number of imidazole rings is 3. The van der Waals surface area contributed by atoms with Gasteiger partial charge in [0.1, 0.15) is 11.6 Å². The number of nitrogens with one attached hydrogen (secondary N) is 3. The average molecular weight is 477 g/mol. The Balaban J connectivity index is 1.18. The van der Waals surface area contributed by atoms with Gasteiger partial charge in [-0.15, -0.1) is 0 Å². The fourth-order valence-electron chi connectivity index (χ4n) is 5.16. The minimum Gasteiger partial charge on any atom is -0.345 e. The number of hydrogen-bond acceptors (Lipinski definition) is 3. The first kappa shape index (κ1) is 20.0. The second-order valence-corrected chi connectivity index (χ2v) is 9.30. The molecule has 0 spiro atoms. The van der Waals surface area contributed by atoms with Crippen LogP contribution >= 0.6 is 0 Å². The van der Waals surface area contributed by atoms with Crippen LogP contribution in [0.3, 0.4) is 0 Å². The molecule has 8 rings (SSSR count). The Kier molecular flexibility index (Phi) is 4.13. The van der Waals surface area contributed by atoms with Crippen LogP contribution in [-0.4, -0.2) is 29.9 Å². The van der Waals surface area contributed by atoms with Gasteiger partial charge >= 0.3 is 0 Å². The van der Waals surface area contributed by atoms with Crippen molar-refractivity contribution in [1.29, 1.82) is 0 Å². The van der Waals surface area contributed by atoms with Gasteiger partial charge in [0, 0.05) is 11.1 Å². The number of fused-ring (bicyclic) bond motifs is 4. The Hall–Kier alpha value is -5.23. The molecule has 5 aromatic carbocycles. The summed E-state index contributed by atoms with van der Waals surface area (Å²) in [6, 6.07) is 33.7. The maximum atomic E-state index is 4.95. The highest BCUT2D eigenvalue weighted by molar-refractivity contribution is 5.98. The van der Waals surface area contributed by atoms with E-state index in [0.717, 1.165) is 61.4 Å². The lowest BCUT2D eigenvalue weighted by molar-refractivity contribution is 1.33. The fourth-order valence-corrected chi connectivity index (χ4v) is 5.16. The van der Waals surface area contributed by atoms with Crippen molar-refractivity contribution < 1.29 is 0 Å². The molecule has 0 fully saturated rings. The van der Waals surface area contributed by atoms with Crippen molar-refractivity contribution in [2.24, 2.45) is 0 Å². The molecule has 3 aromatic heterocycles. The molecular weight excluding hydrogens is 456 g/mol. The first-order valence-corrected chi connectivity index (χ1v) is 12.2. The second-order valence-electron chi connectivity index (χ2n) is 9.30. The molecule has 0 bridgehead atoms. The van der Waals surface area contributed by atoms with E-state index in [2.05, 4.69) is 98.8 Å². The maximum Gasteiger partial charge on any atom is 0.138 e. The molecule has 0 radical (unpaired) electrons. The summed E-state index contributed by atoms with van der Waals surface area (Å²) in [5, 5.41) is 2.48. The minimum absolute atomic E-state index is 0.827. The van der Waals surface area contributed by atoms with Gasteiger partial charge in [0.25, 0.3) is 0 Å². The van der Waals surface area contributed by atoms with Crippen LogP contribution in [0.1, 0.15) is 0 Å². The predicted molar refractivity (Wildman–Crippen MR) is 149 cm³/mol. The SMILES string of the molecule is c1ccc2c(-c3ccc4[nH]c(-c5ccc6nc(-c7ccc8nc[nH]c8c7)[nH]c6c5)nc4c3)cccc2c1. The Morgan fingerprint density at radius 3 is 2.16 bits per heavy atom. The largest absolute Gasteiger partial charge is 0.345 e. The predicted octanol–water partition coefficient (Wildman–Crippen LogP) is 7.47. The van der Waals surface area contributed by atoms with Crippen LogP contribution in [0.4, 0.5) is 0 Å². The van der Waals surface area contributed by atoms with E-state index in [0.29, 0.717) is 0 Å². The highest BCUT2D eigenvalue weighted by atomic mass is 14.9. The van der Waals surface area contributed by atoms with Gasteiger partial charge in [-0.2, -0.15) is 0 Å². The third-order valence-corrected chi connectivity index (χ3v) is 7.03. The molecular formula is C31H20N6. The molecule has 8 aromatic rings. The summed E-state index contributed by atoms with van der Waals surface area (Å²) >= 11 is 0. The van der Waals surface area contributed by atoms with Crippen molar-refractivity contribution >= 4 is 43.9 Å². The van der Waals surface area contributed by atoms with Crippen LogP contribution in [0.2, 0.25) is 0 Å². The normalized spacial score (nSPS) is 11.8. The highest BCUT2D eigenvalue weighted by Crippen LogP contribution is 2.32. The third kappa shape index (κ3) is 3.23. The van der Waals surface area contributed by atoms with E-state index in [1.807, 2.05) is 18.2 Å². The minimum atomic E-state index is 0.827. The molecule has 0 aliphatic carbocycles. The van der Waals surface area contributed by atoms with E-state index in [9.17, 15) is 0 Å². The lowest BCUT2D eigenvalue weighted by Crippen LogP contribution is -1.81. The standard InChI is InChI=1S/C31H20N6/c1-2-6-22-18(4-1)5-3-7-23(22)19-8-12-25-28(14-19)36-31(34-25)21-10-13-26-29(16-21)37-30(35-26)20-9-11-24-27(15-20)33-17-32-24/h1-17H,(H,32,33)(H,34,36)(H,35,37). The quantitative estimate of drug-likeness (QED) is 0.247. The van der Waals surface area contributed by atoms with Gasteiger partial charge in [-0.05, 0) is 70.4 Å². The van der Waals surface area contributed by atoms with Gasteiger partial charge < -0.3 is 15.0 Å². The molecule has 6 nitrogen and oxygen atoms in total. The van der Waals surface area contributed by atoms with E-state index < -0.39 is 0 Å². The van der Waals surface area contributed by atoms with Crippen molar-refractivity contribution in [2.75, 3.05) is 0 Å². The van der Waals surface area contributed by atoms with Gasteiger partial charge in [-0.1, -0.05) is 48.5 Å². The molecule has 0 saturated heterocycles. The number of aromatic nitrogens is 6. The Morgan fingerprint density at radius 1 is 0.514 bits per heavy atom. The molecule has 37 heavy (non-hydrogen) atoms. The summed E-state index contributed by atoms with van der Waals surface area (Å²) in [5.74, 6) is 1.66. The topological polar surface area (TPSA) is 86.0 Å². The molecule has 6 heteroatoms. The van der Waals surface area contributed by atoms with E-state index in [-0.39, 0.29) is 0 Å². The zero-order chi connectivity index (χ0) is 24.3. The van der Waals surface area contributed by atoms with Gasteiger partial charge in [0.15, 0.2) is 0 Å². The third-order valence-electron chi connectivity index (χ3n) is 7.03. The number of aromatic amines is 3. The number of nitrogens with zero attached hydrogens (tertiary/aromatic N) is 3. The molecule has 0 aliphatic heterocycles. The number of hydrogen-bond donors (Lipinski definition) is 3. The van der Waals surface area contributed by atoms with Crippen LogP contribution < -0.4 is 0 Å². The smallest absolute Gasteiger partial charge is 0.138 e. The Morgan fingerprint density at radius 2 is 1.24 bits per heavy atom. The summed E-state index contributed by atoms with van der Waals surface area (Å²) in [6.07, 6.45) is 1.71. The Labute approximate surface area is 211 Å². The molecule has 0 atom stereocenters. The van der Waals surface area contributed by atoms with E-state index in [1.165, 1.54) is 16.3 Å². The van der Waals surface area contributed by atoms with Crippen LogP contribution in [-0.2, 0) is 0 Å². The highest BCUT2D eigenvalue weighted by Gasteiger charge is 2.12. The van der Waals surface area contributed by atoms with E-state index >= 15 is 0 Å². The molecule has 3 N–H and O–H groups in total. The molecule has 3 heterocycles. The second kappa shape index (κ2) is 7.63. The molecule has 174 valence electrons. The summed E-state index contributed by atoms with van der Waals surface area (Å²) in [7, 11) is 0. The molecule has 0 saturated carbocycles. The lowest BCUT2D eigenvalue weighted by Gasteiger charge is -2.06. The van der Waals surface area contributed by atoms with Gasteiger partial charge in [0.05, 0.1) is 39.4 Å². The van der Waals surface area contributed by atoms with Crippen LogP contribution in [0.25, 0.3) is 77.8 Å². The first-order chi connectivity index (χ1) is 18.3. The molecule has 0 unspecified atom stereocenters. The summed E-state index contributed by atoms with van der Waals surface area (Å²) in [5.41, 5.74) is 10.2. The van der Waals surface area contributed by atoms with Crippen molar-refractivity contribution in [1.82, 2.24) is 29.9 Å². The van der Waals surface area contributed by atoms with E-state index in [4.69, 9.17) is 9.97 Å². The van der Waals surface area contributed by atoms with Crippen molar-refractivity contribution in [2.45, 2.75) is 0 Å². The first-order valence-electron chi connectivity index (χ1n) is 12.2. The Bertz CT molecular complexity index is 2100. The zero-order valence-electron chi connectivity index (χ0n) is 19.7. The zero-order valence-corrected chi connectivity index (χ0v) is 19.7. The average Bonchev–Trinajstić information content (AvgIpc) is 3.69. The van der Waals surface area contributed by atoms with Gasteiger partial charge in [0.2, 0.25) is 0 Å².